The van der Waals surface area contributed by atoms with E-state index >= 15 is 0 Å². The second kappa shape index (κ2) is 10.9. The molecule has 1 aromatic heterocycles. The summed E-state index contributed by atoms with van der Waals surface area (Å²) in [7, 11) is 0. The molecule has 0 radical (unpaired) electrons. The number of nitrogens with one attached hydrogen (secondary N) is 1. The number of para-hydroxylation sites is 1. The van der Waals surface area contributed by atoms with Crippen molar-refractivity contribution in [1.82, 2.24) is 20.4 Å². The van der Waals surface area contributed by atoms with Gasteiger partial charge in [0.15, 0.2) is 6.61 Å². The van der Waals surface area contributed by atoms with Gasteiger partial charge >= 0.3 is 0 Å². The molecule has 1 fully saturated rings. The maximum Gasteiger partial charge on any atom is 0.257 e. The molecule has 1 atom stereocenters. The largest absolute Gasteiger partial charge is 0.483 e. The molecule has 0 saturated carbocycles. The highest BCUT2D eigenvalue weighted by molar-refractivity contribution is 5.77. The molecule has 3 aromatic rings. The second-order valence-electron chi connectivity index (χ2n) is 8.31. The maximum atomic E-state index is 12.3. The fourth-order valence-corrected chi connectivity index (χ4v) is 4.01. The van der Waals surface area contributed by atoms with Crippen LogP contribution in [0.25, 0.3) is 22.9 Å². The van der Waals surface area contributed by atoms with E-state index in [4.69, 9.17) is 9.15 Å². The second-order valence-corrected chi connectivity index (χ2v) is 8.31. The fraction of sp³-hybridized carbons (Fsp3) is 0.400. The number of hydrogen-bond donors (Lipinski definition) is 1. The molecule has 1 aliphatic heterocycles. The van der Waals surface area contributed by atoms with Gasteiger partial charge in [-0.05, 0) is 62.5 Å². The van der Waals surface area contributed by atoms with E-state index in [1.54, 1.807) is 6.07 Å². The number of amides is 1. The lowest BCUT2D eigenvalue weighted by Crippen LogP contribution is -2.37. The summed E-state index contributed by atoms with van der Waals surface area (Å²) in [6, 6.07) is 17.0. The van der Waals surface area contributed by atoms with Gasteiger partial charge in [-0.1, -0.05) is 37.3 Å². The molecule has 1 amide bonds. The number of nitrogens with zero attached hydrogens (tertiary/aromatic N) is 3. The van der Waals surface area contributed by atoms with Crippen LogP contribution < -0.4 is 10.1 Å². The Labute approximate surface area is 188 Å². The molecule has 0 spiro atoms. The van der Waals surface area contributed by atoms with Gasteiger partial charge in [0, 0.05) is 18.7 Å². The Hall–Kier alpha value is -3.19. The first-order valence-corrected chi connectivity index (χ1v) is 11.3. The molecule has 4 rings (SSSR count). The van der Waals surface area contributed by atoms with Crippen LogP contribution in [0.3, 0.4) is 0 Å². The van der Waals surface area contributed by atoms with E-state index in [0.717, 1.165) is 31.0 Å². The minimum atomic E-state index is -0.137. The summed E-state index contributed by atoms with van der Waals surface area (Å²) in [5, 5.41) is 11.2. The molecule has 1 aliphatic rings. The zero-order chi connectivity index (χ0) is 22.2. The molecule has 0 bridgehead atoms. The molecule has 1 N–H and O–H groups in total. The predicted octanol–water partition coefficient (Wildman–Crippen LogP) is 4.02. The Morgan fingerprint density at radius 3 is 2.75 bits per heavy atom. The van der Waals surface area contributed by atoms with Crippen LogP contribution in [0.15, 0.2) is 59.0 Å². The average molecular weight is 435 g/mol. The highest BCUT2D eigenvalue weighted by atomic mass is 16.5. The van der Waals surface area contributed by atoms with Crippen LogP contribution in [0.2, 0.25) is 0 Å². The Bertz CT molecular complexity index is 1010. The van der Waals surface area contributed by atoms with Crippen molar-refractivity contribution in [3.63, 3.8) is 0 Å². The van der Waals surface area contributed by atoms with Crippen LogP contribution >= 0.6 is 0 Å². The smallest absolute Gasteiger partial charge is 0.257 e. The average Bonchev–Trinajstić information content (AvgIpc) is 3.32. The molecule has 0 aliphatic carbocycles. The van der Waals surface area contributed by atoms with Gasteiger partial charge in [-0.2, -0.15) is 0 Å². The number of rotatable bonds is 9. The van der Waals surface area contributed by atoms with Gasteiger partial charge in [0.25, 0.3) is 11.8 Å². The fourth-order valence-electron chi connectivity index (χ4n) is 4.01. The maximum absolute atomic E-state index is 12.3. The highest BCUT2D eigenvalue weighted by Crippen LogP contribution is 2.30. The van der Waals surface area contributed by atoms with Crippen molar-refractivity contribution >= 4 is 5.91 Å². The number of benzene rings is 2. The molecule has 2 heterocycles. The number of piperidine rings is 1. The van der Waals surface area contributed by atoms with E-state index in [1.807, 2.05) is 48.5 Å². The lowest BCUT2D eigenvalue weighted by atomic mass is 10.0. The van der Waals surface area contributed by atoms with Crippen LogP contribution in [0, 0.1) is 5.92 Å². The predicted molar refractivity (Wildman–Crippen MR) is 123 cm³/mol. The van der Waals surface area contributed by atoms with Crippen LogP contribution in [-0.2, 0) is 4.79 Å². The van der Waals surface area contributed by atoms with E-state index in [9.17, 15) is 4.79 Å². The Morgan fingerprint density at radius 1 is 1.12 bits per heavy atom. The zero-order valence-electron chi connectivity index (χ0n) is 18.5. The summed E-state index contributed by atoms with van der Waals surface area (Å²) in [4.78, 5) is 14.7. The van der Waals surface area contributed by atoms with E-state index in [-0.39, 0.29) is 12.5 Å². The highest BCUT2D eigenvalue weighted by Gasteiger charge is 2.17. The molecule has 7 nitrogen and oxygen atoms in total. The number of likely N-dealkylation sites (tertiary alicyclic amines) is 1. The van der Waals surface area contributed by atoms with Crippen molar-refractivity contribution in [2.75, 3.05) is 32.8 Å². The van der Waals surface area contributed by atoms with Crippen molar-refractivity contribution in [3.8, 4) is 28.7 Å². The normalized spacial score (nSPS) is 16.6. The molecule has 7 heteroatoms. The van der Waals surface area contributed by atoms with Crippen molar-refractivity contribution in [2.45, 2.75) is 26.2 Å². The minimum absolute atomic E-state index is 0.0581. The third-order valence-corrected chi connectivity index (χ3v) is 5.64. The van der Waals surface area contributed by atoms with Gasteiger partial charge in [-0.25, -0.2) is 0 Å². The first-order valence-electron chi connectivity index (χ1n) is 11.3. The first kappa shape index (κ1) is 22.0. The number of hydrogen-bond acceptors (Lipinski definition) is 6. The van der Waals surface area contributed by atoms with Crippen molar-refractivity contribution in [1.29, 1.82) is 0 Å². The van der Waals surface area contributed by atoms with Crippen LogP contribution in [0.5, 0.6) is 5.75 Å². The van der Waals surface area contributed by atoms with E-state index < -0.39 is 0 Å². The van der Waals surface area contributed by atoms with Crippen LogP contribution in [0.1, 0.15) is 26.2 Å². The summed E-state index contributed by atoms with van der Waals surface area (Å²) in [5.41, 5.74) is 1.51. The first-order chi connectivity index (χ1) is 15.7. The van der Waals surface area contributed by atoms with Gasteiger partial charge in [-0.3, -0.25) is 4.79 Å². The van der Waals surface area contributed by atoms with Crippen molar-refractivity contribution in [3.05, 3.63) is 54.6 Å². The lowest BCUT2D eigenvalue weighted by Gasteiger charge is -2.30. The summed E-state index contributed by atoms with van der Waals surface area (Å²) >= 11 is 0. The summed E-state index contributed by atoms with van der Waals surface area (Å²) in [5.74, 6) is 1.97. The Morgan fingerprint density at radius 2 is 1.91 bits per heavy atom. The molecule has 32 heavy (non-hydrogen) atoms. The topological polar surface area (TPSA) is 80.5 Å². The van der Waals surface area contributed by atoms with E-state index in [2.05, 4.69) is 27.3 Å². The number of carbonyl (C=O) groups is 1. The number of carbonyl (C=O) groups excluding carboxylic acids is 1. The van der Waals surface area contributed by atoms with Gasteiger partial charge < -0.3 is 19.4 Å². The lowest BCUT2D eigenvalue weighted by molar-refractivity contribution is -0.123. The van der Waals surface area contributed by atoms with Gasteiger partial charge in [-0.15, -0.1) is 10.2 Å². The zero-order valence-corrected chi connectivity index (χ0v) is 18.5. The molecular formula is C25H30N4O3. The standard InChI is InChI=1S/C25H30N4O3/c1-19-9-7-15-29(17-19)16-8-14-26-23(30)18-31-22-13-6-5-12-21(22)25-28-27-24(32-25)20-10-3-2-4-11-20/h2-6,10-13,19H,7-9,14-18H2,1H3,(H,26,30)/t19-/m1/s1. The monoisotopic (exact) mass is 434 g/mol. The van der Waals surface area contributed by atoms with Gasteiger partial charge in [0.2, 0.25) is 5.89 Å². The molecule has 2 aromatic carbocycles. The summed E-state index contributed by atoms with van der Waals surface area (Å²) in [6.07, 6.45) is 3.54. The molecular weight excluding hydrogens is 404 g/mol. The molecule has 1 saturated heterocycles. The number of aromatic nitrogens is 2. The summed E-state index contributed by atoms with van der Waals surface area (Å²) in [6.45, 7) is 6.25. The number of ether oxygens (including phenoxy) is 1. The van der Waals surface area contributed by atoms with Gasteiger partial charge in [0.1, 0.15) is 5.75 Å². The van der Waals surface area contributed by atoms with Crippen molar-refractivity contribution < 1.29 is 13.9 Å². The van der Waals surface area contributed by atoms with E-state index in [1.165, 1.54) is 19.4 Å². The van der Waals surface area contributed by atoms with Crippen LogP contribution in [-0.4, -0.2) is 53.8 Å². The van der Waals surface area contributed by atoms with Crippen LogP contribution in [0.4, 0.5) is 0 Å². The Kier molecular flexibility index (Phi) is 7.51. The Balaban J connectivity index is 1.27. The van der Waals surface area contributed by atoms with E-state index in [0.29, 0.717) is 29.6 Å². The third-order valence-electron chi connectivity index (χ3n) is 5.64. The van der Waals surface area contributed by atoms with Gasteiger partial charge in [0.05, 0.1) is 5.56 Å². The minimum Gasteiger partial charge on any atom is -0.483 e. The summed E-state index contributed by atoms with van der Waals surface area (Å²) < 4.78 is 11.6. The van der Waals surface area contributed by atoms with Crippen molar-refractivity contribution in [2.24, 2.45) is 5.92 Å². The third kappa shape index (κ3) is 5.95. The quantitative estimate of drug-likeness (QED) is 0.513. The molecule has 168 valence electrons. The molecule has 0 unspecified atom stereocenters. The SMILES string of the molecule is C[C@@H]1CCCN(CCCNC(=O)COc2ccccc2-c2nnc(-c3ccccc3)o2)C1.